The molecule has 0 radical (unpaired) electrons. The fourth-order valence-corrected chi connectivity index (χ4v) is 3.65. The van der Waals surface area contributed by atoms with Crippen molar-refractivity contribution in [1.29, 1.82) is 0 Å². The van der Waals surface area contributed by atoms with Crippen LogP contribution < -0.4 is 4.72 Å². The number of carboxylic acids is 1. The summed E-state index contributed by atoms with van der Waals surface area (Å²) in [6.45, 7) is 1.08. The number of nitrogens with one attached hydrogen (secondary N) is 1. The molecule has 10 heteroatoms. The Balaban J connectivity index is 2.83. The Hall–Kier alpha value is -1.13. The third kappa shape index (κ3) is 4.80. The van der Waals surface area contributed by atoms with Crippen molar-refractivity contribution in [1.82, 2.24) is 4.72 Å². The Morgan fingerprint density at radius 3 is 2.53 bits per heavy atom. The molecule has 0 aliphatic carbocycles. The molecule has 0 spiro atoms. The smallest absolute Gasteiger partial charge is 0.390 e. The van der Waals surface area contributed by atoms with Crippen LogP contribution in [0.5, 0.6) is 0 Å². The minimum atomic E-state index is -4.48. The number of aromatic carboxylic acids is 1. The predicted octanol–water partition coefficient (Wildman–Crippen LogP) is 2.07. The summed E-state index contributed by atoms with van der Waals surface area (Å²) in [6, 6.07) is -0.437. The molecule has 1 aromatic rings. The van der Waals surface area contributed by atoms with Gasteiger partial charge in [0, 0.05) is 11.4 Å². The largest absolute Gasteiger partial charge is 0.477 e. The van der Waals surface area contributed by atoms with Crippen LogP contribution >= 0.6 is 11.3 Å². The summed E-state index contributed by atoms with van der Waals surface area (Å²) < 4.78 is 61.5. The second-order valence-corrected chi connectivity index (χ2v) is 6.42. The van der Waals surface area contributed by atoms with E-state index in [-0.39, 0.29) is 9.77 Å². The molecule has 1 aromatic heterocycles. The van der Waals surface area contributed by atoms with Gasteiger partial charge < -0.3 is 5.11 Å². The number of halogens is 3. The van der Waals surface area contributed by atoms with Crippen molar-refractivity contribution in [3.8, 4) is 0 Å². The van der Waals surface area contributed by atoms with E-state index in [0.717, 1.165) is 18.4 Å². The van der Waals surface area contributed by atoms with Gasteiger partial charge in [0.05, 0.1) is 11.3 Å². The summed E-state index contributed by atoms with van der Waals surface area (Å²) in [5.74, 6) is -1.30. The first kappa shape index (κ1) is 15.9. The highest BCUT2D eigenvalue weighted by atomic mass is 32.2. The number of hydrogen-bond donors (Lipinski definition) is 2. The highest BCUT2D eigenvalue weighted by Crippen LogP contribution is 2.23. The summed E-state index contributed by atoms with van der Waals surface area (Å²) in [5, 5.41) is 9.71. The maximum Gasteiger partial charge on any atom is 0.390 e. The van der Waals surface area contributed by atoms with E-state index in [1.165, 1.54) is 0 Å². The number of hydrogen-bond acceptors (Lipinski definition) is 4. The SMILES string of the molecule is CC(CC(F)(F)F)NS(=O)(=O)c1csc(C(=O)O)c1. The number of carboxylic acid groups (broad SMARTS) is 1. The van der Waals surface area contributed by atoms with Crippen LogP contribution in [-0.2, 0) is 10.0 Å². The molecule has 1 atom stereocenters. The lowest BCUT2D eigenvalue weighted by Crippen LogP contribution is -2.35. The fourth-order valence-electron chi connectivity index (χ4n) is 1.29. The molecule has 19 heavy (non-hydrogen) atoms. The molecule has 1 heterocycles. The number of carbonyl (C=O) groups is 1. The molecule has 0 saturated carbocycles. The van der Waals surface area contributed by atoms with Crippen LogP contribution in [0, 0.1) is 0 Å². The first-order valence-electron chi connectivity index (χ1n) is 4.92. The van der Waals surface area contributed by atoms with E-state index in [0.29, 0.717) is 11.3 Å². The zero-order valence-electron chi connectivity index (χ0n) is 9.56. The van der Waals surface area contributed by atoms with Crippen molar-refractivity contribution in [3.05, 3.63) is 16.3 Å². The van der Waals surface area contributed by atoms with Crippen molar-refractivity contribution in [2.75, 3.05) is 0 Å². The fraction of sp³-hybridized carbons (Fsp3) is 0.444. The topological polar surface area (TPSA) is 83.5 Å². The van der Waals surface area contributed by atoms with Gasteiger partial charge in [-0.15, -0.1) is 11.3 Å². The Morgan fingerprint density at radius 1 is 1.53 bits per heavy atom. The van der Waals surface area contributed by atoms with Gasteiger partial charge in [-0.2, -0.15) is 13.2 Å². The van der Waals surface area contributed by atoms with E-state index in [9.17, 15) is 26.4 Å². The normalized spacial score (nSPS) is 14.3. The van der Waals surface area contributed by atoms with E-state index < -0.39 is 34.6 Å². The lowest BCUT2D eigenvalue weighted by Gasteiger charge is -2.15. The quantitative estimate of drug-likeness (QED) is 0.871. The number of thiophene rings is 1. The van der Waals surface area contributed by atoms with Gasteiger partial charge in [0.25, 0.3) is 0 Å². The van der Waals surface area contributed by atoms with Gasteiger partial charge in [-0.05, 0) is 13.0 Å². The van der Waals surface area contributed by atoms with Gasteiger partial charge in [0.2, 0.25) is 10.0 Å². The monoisotopic (exact) mass is 317 g/mol. The highest BCUT2D eigenvalue weighted by molar-refractivity contribution is 7.89. The van der Waals surface area contributed by atoms with Crippen LogP contribution in [-0.4, -0.2) is 31.7 Å². The lowest BCUT2D eigenvalue weighted by atomic mass is 10.2. The number of sulfonamides is 1. The van der Waals surface area contributed by atoms with Gasteiger partial charge in [-0.3, -0.25) is 0 Å². The average Bonchev–Trinajstić information content (AvgIpc) is 2.61. The standard InChI is InChI=1S/C9H10F3NO4S2/c1-5(3-9(10,11)12)13-19(16,17)6-2-7(8(14)15)18-4-6/h2,4-5,13H,3H2,1H3,(H,14,15). The molecule has 1 rings (SSSR count). The van der Waals surface area contributed by atoms with E-state index >= 15 is 0 Å². The molecule has 0 aliphatic heterocycles. The molecule has 0 amide bonds. The Kier molecular flexibility index (Phi) is 4.59. The number of rotatable bonds is 5. The Morgan fingerprint density at radius 2 is 2.11 bits per heavy atom. The summed E-state index contributed by atoms with van der Waals surface area (Å²) in [7, 11) is -4.15. The molecular formula is C9H10F3NO4S2. The second kappa shape index (κ2) is 5.47. The molecule has 0 fully saturated rings. The molecule has 0 saturated heterocycles. The molecule has 108 valence electrons. The maximum absolute atomic E-state index is 12.1. The minimum absolute atomic E-state index is 0.205. The summed E-state index contributed by atoms with van der Waals surface area (Å²) >= 11 is 0.684. The van der Waals surface area contributed by atoms with E-state index in [2.05, 4.69) is 0 Å². The highest BCUT2D eigenvalue weighted by Gasteiger charge is 2.32. The zero-order chi connectivity index (χ0) is 14.8. The Bertz CT molecular complexity index is 564. The molecular weight excluding hydrogens is 307 g/mol. The van der Waals surface area contributed by atoms with Crippen LogP contribution in [0.15, 0.2) is 16.3 Å². The van der Waals surface area contributed by atoms with Gasteiger partial charge in [-0.1, -0.05) is 0 Å². The molecule has 2 N–H and O–H groups in total. The predicted molar refractivity (Wildman–Crippen MR) is 61.7 cm³/mol. The zero-order valence-corrected chi connectivity index (χ0v) is 11.2. The van der Waals surface area contributed by atoms with E-state index in [4.69, 9.17) is 5.11 Å². The first-order valence-corrected chi connectivity index (χ1v) is 7.28. The number of alkyl halides is 3. The third-order valence-electron chi connectivity index (χ3n) is 1.99. The van der Waals surface area contributed by atoms with Crippen molar-refractivity contribution < 1.29 is 31.5 Å². The van der Waals surface area contributed by atoms with Gasteiger partial charge >= 0.3 is 12.1 Å². The molecule has 0 aliphatic rings. The van der Waals surface area contributed by atoms with Crippen LogP contribution in [0.3, 0.4) is 0 Å². The van der Waals surface area contributed by atoms with Gasteiger partial charge in [0.1, 0.15) is 4.88 Å². The summed E-state index contributed by atoms with van der Waals surface area (Å²) in [4.78, 5) is 10.0. The summed E-state index contributed by atoms with van der Waals surface area (Å²) in [5.41, 5.74) is 0. The molecule has 0 bridgehead atoms. The average molecular weight is 317 g/mol. The summed E-state index contributed by atoms with van der Waals surface area (Å²) in [6.07, 6.45) is -5.79. The first-order chi connectivity index (χ1) is 8.51. The van der Waals surface area contributed by atoms with Gasteiger partial charge in [-0.25, -0.2) is 17.9 Å². The molecule has 5 nitrogen and oxygen atoms in total. The van der Waals surface area contributed by atoms with E-state index in [1.54, 1.807) is 0 Å². The third-order valence-corrected chi connectivity index (χ3v) is 4.63. The molecule has 1 unspecified atom stereocenters. The van der Waals surface area contributed by atoms with Gasteiger partial charge in [0.15, 0.2) is 0 Å². The van der Waals surface area contributed by atoms with Crippen LogP contribution in [0.1, 0.15) is 23.0 Å². The van der Waals surface area contributed by atoms with Crippen molar-refractivity contribution in [2.24, 2.45) is 0 Å². The maximum atomic E-state index is 12.1. The van der Waals surface area contributed by atoms with Crippen molar-refractivity contribution in [2.45, 2.75) is 30.5 Å². The van der Waals surface area contributed by atoms with Crippen LogP contribution in [0.2, 0.25) is 0 Å². The van der Waals surface area contributed by atoms with E-state index in [1.807, 2.05) is 4.72 Å². The second-order valence-electron chi connectivity index (χ2n) is 3.79. The Labute approximate surface area is 111 Å². The van der Waals surface area contributed by atoms with Crippen molar-refractivity contribution in [3.63, 3.8) is 0 Å². The van der Waals surface area contributed by atoms with Crippen LogP contribution in [0.4, 0.5) is 13.2 Å². The van der Waals surface area contributed by atoms with Crippen LogP contribution in [0.25, 0.3) is 0 Å². The lowest BCUT2D eigenvalue weighted by molar-refractivity contribution is -0.137. The minimum Gasteiger partial charge on any atom is -0.477 e. The molecule has 0 aromatic carbocycles. The van der Waals surface area contributed by atoms with Crippen molar-refractivity contribution >= 4 is 27.3 Å².